The van der Waals surface area contributed by atoms with E-state index in [1.54, 1.807) is 48.5 Å². The fourth-order valence-electron chi connectivity index (χ4n) is 3.79. The Morgan fingerprint density at radius 2 is 1.31 bits per heavy atom. The first kappa shape index (κ1) is 28.9. The highest BCUT2D eigenvalue weighted by atomic mass is 16.6. The highest BCUT2D eigenvalue weighted by Crippen LogP contribution is 2.25. The molecule has 0 spiro atoms. The first-order chi connectivity index (χ1) is 17.5. The summed E-state index contributed by atoms with van der Waals surface area (Å²) >= 11 is 0. The lowest BCUT2D eigenvalue weighted by Crippen LogP contribution is -2.33. The number of hydrogen-bond acceptors (Lipinski definition) is 5. The third-order valence-corrected chi connectivity index (χ3v) is 5.94. The van der Waals surface area contributed by atoms with Gasteiger partial charge in [0, 0.05) is 18.7 Å². The number of nitrogens with one attached hydrogen (secondary N) is 2. The molecule has 2 rings (SSSR count). The maximum absolute atomic E-state index is 12.3. The van der Waals surface area contributed by atoms with Gasteiger partial charge in [-0.2, -0.15) is 0 Å². The molecule has 0 aromatic heterocycles. The zero-order chi connectivity index (χ0) is 26.0. The van der Waals surface area contributed by atoms with Crippen molar-refractivity contribution in [2.75, 3.05) is 13.7 Å². The Labute approximate surface area is 215 Å². The second-order valence-corrected chi connectivity index (χ2v) is 8.86. The van der Waals surface area contributed by atoms with Gasteiger partial charge in [0.1, 0.15) is 0 Å². The number of benzene rings is 2. The van der Waals surface area contributed by atoms with Crippen LogP contribution in [-0.4, -0.2) is 31.4 Å². The number of amides is 2. The number of carbonyl (C=O) groups is 3. The van der Waals surface area contributed by atoms with Crippen LogP contribution >= 0.6 is 0 Å². The third kappa shape index (κ3) is 10.9. The van der Waals surface area contributed by atoms with Crippen LogP contribution in [0.3, 0.4) is 0 Å². The molecule has 0 atom stereocenters. The predicted octanol–water partition coefficient (Wildman–Crippen LogP) is 5.57. The Bertz CT molecular complexity index is 943. The van der Waals surface area contributed by atoms with Gasteiger partial charge < -0.3 is 20.1 Å². The summed E-state index contributed by atoms with van der Waals surface area (Å²) in [5.74, 6) is -1.46. The van der Waals surface area contributed by atoms with Crippen LogP contribution in [0.2, 0.25) is 0 Å². The summed E-state index contributed by atoms with van der Waals surface area (Å²) in [6.45, 7) is 3.05. The quantitative estimate of drug-likeness (QED) is 0.137. The predicted molar refractivity (Wildman–Crippen MR) is 141 cm³/mol. The minimum Gasteiger partial charge on any atom is -0.493 e. The van der Waals surface area contributed by atoms with Crippen molar-refractivity contribution in [1.29, 1.82) is 0 Å². The molecule has 7 nitrogen and oxygen atoms in total. The normalized spacial score (nSPS) is 10.5. The summed E-state index contributed by atoms with van der Waals surface area (Å²) in [6, 6.07) is 13.5. The SMILES string of the molecule is CCCCCCCCCCCCNC(=O)c1ccc(CNC(=O)C(=O)Oc2ccccc2OC)cc1. The van der Waals surface area contributed by atoms with Crippen LogP contribution < -0.4 is 20.1 Å². The average molecular weight is 497 g/mol. The van der Waals surface area contributed by atoms with Gasteiger partial charge >= 0.3 is 11.9 Å². The van der Waals surface area contributed by atoms with Gasteiger partial charge in [0.05, 0.1) is 7.11 Å². The molecule has 0 aliphatic carbocycles. The van der Waals surface area contributed by atoms with E-state index in [-0.39, 0.29) is 18.2 Å². The maximum Gasteiger partial charge on any atom is 0.402 e. The molecular formula is C29H40N2O5. The van der Waals surface area contributed by atoms with Crippen molar-refractivity contribution in [3.05, 3.63) is 59.7 Å². The van der Waals surface area contributed by atoms with Crippen molar-refractivity contribution in [3.63, 3.8) is 0 Å². The van der Waals surface area contributed by atoms with Crippen LogP contribution in [0.1, 0.15) is 87.1 Å². The molecule has 0 unspecified atom stereocenters. The van der Waals surface area contributed by atoms with E-state index in [2.05, 4.69) is 17.6 Å². The molecular weight excluding hydrogens is 456 g/mol. The van der Waals surface area contributed by atoms with Gasteiger partial charge in [0.2, 0.25) is 0 Å². The van der Waals surface area contributed by atoms with E-state index in [0.717, 1.165) is 18.4 Å². The molecule has 0 aliphatic heterocycles. The lowest BCUT2D eigenvalue weighted by Gasteiger charge is -2.09. The van der Waals surface area contributed by atoms with E-state index in [1.165, 1.54) is 58.5 Å². The zero-order valence-corrected chi connectivity index (χ0v) is 21.6. The number of ether oxygens (including phenoxy) is 2. The average Bonchev–Trinajstić information content (AvgIpc) is 2.90. The minimum absolute atomic E-state index is 0.109. The van der Waals surface area contributed by atoms with Crippen molar-refractivity contribution in [1.82, 2.24) is 10.6 Å². The molecule has 36 heavy (non-hydrogen) atoms. The number of rotatable bonds is 16. The topological polar surface area (TPSA) is 93.7 Å². The number of methoxy groups -OCH3 is 1. The Hall–Kier alpha value is -3.35. The Kier molecular flexibility index (Phi) is 13.8. The smallest absolute Gasteiger partial charge is 0.402 e. The van der Waals surface area contributed by atoms with Gasteiger partial charge in [-0.1, -0.05) is 89.0 Å². The summed E-state index contributed by atoms with van der Waals surface area (Å²) in [5.41, 5.74) is 1.33. The number of carbonyl (C=O) groups excluding carboxylic acids is 3. The summed E-state index contributed by atoms with van der Waals surface area (Å²) < 4.78 is 10.2. The molecule has 0 radical (unpaired) electrons. The molecule has 2 aromatic rings. The van der Waals surface area contributed by atoms with Crippen LogP contribution in [0, 0.1) is 0 Å². The first-order valence-electron chi connectivity index (χ1n) is 13.0. The van der Waals surface area contributed by atoms with Gasteiger partial charge in [-0.15, -0.1) is 0 Å². The monoisotopic (exact) mass is 496 g/mol. The summed E-state index contributed by atoms with van der Waals surface area (Å²) in [5, 5.41) is 5.49. The molecule has 2 N–H and O–H groups in total. The summed E-state index contributed by atoms with van der Waals surface area (Å²) in [7, 11) is 1.45. The van der Waals surface area contributed by atoms with Crippen LogP contribution in [0.4, 0.5) is 0 Å². The molecule has 0 bridgehead atoms. The van der Waals surface area contributed by atoms with Crippen LogP contribution in [-0.2, 0) is 16.1 Å². The zero-order valence-electron chi connectivity index (χ0n) is 21.6. The van der Waals surface area contributed by atoms with Gasteiger partial charge in [-0.25, -0.2) is 4.79 Å². The fraction of sp³-hybridized carbons (Fsp3) is 0.483. The van der Waals surface area contributed by atoms with Crippen molar-refractivity contribution in [2.45, 2.75) is 77.7 Å². The molecule has 0 heterocycles. The lowest BCUT2D eigenvalue weighted by molar-refractivity contribution is -0.148. The van der Waals surface area contributed by atoms with E-state index in [9.17, 15) is 14.4 Å². The molecule has 0 saturated heterocycles. The van der Waals surface area contributed by atoms with Gasteiger partial charge in [0.15, 0.2) is 11.5 Å². The fourth-order valence-corrected chi connectivity index (χ4v) is 3.79. The molecule has 0 fully saturated rings. The highest BCUT2D eigenvalue weighted by Gasteiger charge is 2.18. The molecule has 196 valence electrons. The lowest BCUT2D eigenvalue weighted by atomic mass is 10.1. The van der Waals surface area contributed by atoms with Crippen LogP contribution in [0.25, 0.3) is 0 Å². The van der Waals surface area contributed by atoms with E-state index in [1.807, 2.05) is 0 Å². The third-order valence-electron chi connectivity index (χ3n) is 5.94. The van der Waals surface area contributed by atoms with Crippen molar-refractivity contribution < 1.29 is 23.9 Å². The van der Waals surface area contributed by atoms with E-state index >= 15 is 0 Å². The number of para-hydroxylation sites is 2. The molecule has 7 heteroatoms. The van der Waals surface area contributed by atoms with Crippen molar-refractivity contribution >= 4 is 17.8 Å². The highest BCUT2D eigenvalue weighted by molar-refractivity contribution is 6.33. The number of unbranched alkanes of at least 4 members (excludes halogenated alkanes) is 9. The van der Waals surface area contributed by atoms with Crippen LogP contribution in [0.5, 0.6) is 11.5 Å². The molecule has 2 aromatic carbocycles. The number of hydrogen-bond donors (Lipinski definition) is 2. The Morgan fingerprint density at radius 1 is 0.722 bits per heavy atom. The second kappa shape index (κ2) is 17.1. The standard InChI is InChI=1S/C29H40N2O5/c1-3-4-5-6-7-8-9-10-11-14-21-30-27(32)24-19-17-23(18-20-24)22-31-28(33)29(34)36-26-16-13-12-15-25(26)35-2/h12-13,15-20H,3-11,14,21-22H2,1-2H3,(H,30,32)(H,31,33). The van der Waals surface area contributed by atoms with E-state index in [4.69, 9.17) is 9.47 Å². The van der Waals surface area contributed by atoms with Gasteiger partial charge in [-0.05, 0) is 36.2 Å². The number of esters is 1. The van der Waals surface area contributed by atoms with Crippen molar-refractivity contribution in [2.24, 2.45) is 0 Å². The second-order valence-electron chi connectivity index (χ2n) is 8.86. The summed E-state index contributed by atoms with van der Waals surface area (Å²) in [4.78, 5) is 36.5. The Balaban J connectivity index is 1.61. The summed E-state index contributed by atoms with van der Waals surface area (Å²) in [6.07, 6.45) is 12.6. The van der Waals surface area contributed by atoms with Gasteiger partial charge in [-0.3, -0.25) is 9.59 Å². The van der Waals surface area contributed by atoms with E-state index < -0.39 is 11.9 Å². The molecule has 2 amide bonds. The molecule has 0 aliphatic rings. The largest absolute Gasteiger partial charge is 0.493 e. The first-order valence-corrected chi connectivity index (χ1v) is 13.0. The van der Waals surface area contributed by atoms with Crippen LogP contribution in [0.15, 0.2) is 48.5 Å². The van der Waals surface area contributed by atoms with Crippen molar-refractivity contribution in [3.8, 4) is 11.5 Å². The molecule has 0 saturated carbocycles. The van der Waals surface area contributed by atoms with E-state index in [0.29, 0.717) is 17.9 Å². The van der Waals surface area contributed by atoms with Gasteiger partial charge in [0.25, 0.3) is 5.91 Å². The Morgan fingerprint density at radius 3 is 1.92 bits per heavy atom. The maximum atomic E-state index is 12.3. The minimum atomic E-state index is -1.03.